The number of nitrogens with one attached hydrogen (secondary N) is 2. The predicted molar refractivity (Wildman–Crippen MR) is 133 cm³/mol. The lowest BCUT2D eigenvalue weighted by molar-refractivity contribution is -0.126. The van der Waals surface area contributed by atoms with Crippen molar-refractivity contribution in [3.8, 4) is 0 Å². The molecule has 0 aliphatic carbocycles. The number of rotatable bonds is 9. The summed E-state index contributed by atoms with van der Waals surface area (Å²) >= 11 is 0. The Morgan fingerprint density at radius 2 is 1.89 bits per heavy atom. The topological polar surface area (TPSA) is 110 Å². The molecule has 3 aromatic rings. The molecule has 36 heavy (non-hydrogen) atoms. The highest BCUT2D eigenvalue weighted by Crippen LogP contribution is 2.35. The Hall–Kier alpha value is -4.24. The number of anilines is 1. The highest BCUT2D eigenvalue weighted by molar-refractivity contribution is 5.92. The molecule has 3 amide bonds. The standard InChI is InChI=1S/C27H28N4O5/c1-18-9-11-19(12-10-18)16-31-24(26(33)29-15-22-7-3-4-13-28-22)25(36-27(31)34)20-6-5-8-21(14-20)30-23(32)17-35-2/h3-14,24-25H,15-17H2,1-2H3,(H,29,33)(H,30,32). The van der Waals surface area contributed by atoms with Crippen LogP contribution in [0.1, 0.15) is 28.5 Å². The fraction of sp³-hybridized carbons (Fsp3) is 0.259. The van der Waals surface area contributed by atoms with Gasteiger partial charge in [-0.2, -0.15) is 0 Å². The molecule has 1 aromatic heterocycles. The third-order valence-corrected chi connectivity index (χ3v) is 5.77. The maximum atomic E-state index is 13.5. The second-order valence-corrected chi connectivity index (χ2v) is 8.51. The summed E-state index contributed by atoms with van der Waals surface area (Å²) in [4.78, 5) is 44.1. The number of nitrogens with zero attached hydrogens (tertiary/aromatic N) is 2. The van der Waals surface area contributed by atoms with Crippen molar-refractivity contribution in [2.75, 3.05) is 19.0 Å². The predicted octanol–water partition coefficient (Wildman–Crippen LogP) is 3.35. The first-order chi connectivity index (χ1) is 17.4. The molecule has 2 atom stereocenters. The molecule has 2 aromatic carbocycles. The first-order valence-corrected chi connectivity index (χ1v) is 11.5. The molecule has 186 valence electrons. The van der Waals surface area contributed by atoms with Crippen LogP contribution < -0.4 is 10.6 Å². The van der Waals surface area contributed by atoms with E-state index in [4.69, 9.17) is 9.47 Å². The Morgan fingerprint density at radius 3 is 2.61 bits per heavy atom. The smallest absolute Gasteiger partial charge is 0.411 e. The highest BCUT2D eigenvalue weighted by atomic mass is 16.6. The van der Waals surface area contributed by atoms with E-state index in [0.717, 1.165) is 11.1 Å². The van der Waals surface area contributed by atoms with Gasteiger partial charge in [-0.1, -0.05) is 48.0 Å². The number of benzene rings is 2. The molecule has 4 rings (SSSR count). The molecular weight excluding hydrogens is 460 g/mol. The van der Waals surface area contributed by atoms with Crippen molar-refractivity contribution < 1.29 is 23.9 Å². The van der Waals surface area contributed by atoms with Gasteiger partial charge in [-0.15, -0.1) is 0 Å². The molecule has 9 heteroatoms. The number of carbonyl (C=O) groups excluding carboxylic acids is 3. The van der Waals surface area contributed by atoms with E-state index in [1.807, 2.05) is 43.3 Å². The molecule has 0 saturated carbocycles. The average molecular weight is 489 g/mol. The van der Waals surface area contributed by atoms with E-state index >= 15 is 0 Å². The number of amides is 3. The molecule has 2 unspecified atom stereocenters. The van der Waals surface area contributed by atoms with Crippen LogP contribution in [0, 0.1) is 6.92 Å². The van der Waals surface area contributed by atoms with Gasteiger partial charge in [0.15, 0.2) is 12.1 Å². The molecule has 2 N–H and O–H groups in total. The van der Waals surface area contributed by atoms with Crippen LogP contribution in [-0.2, 0) is 32.2 Å². The molecule has 0 spiro atoms. The van der Waals surface area contributed by atoms with Crippen molar-refractivity contribution in [2.45, 2.75) is 32.2 Å². The lowest BCUT2D eigenvalue weighted by Gasteiger charge is -2.24. The van der Waals surface area contributed by atoms with Crippen LogP contribution in [0.4, 0.5) is 10.5 Å². The molecule has 0 bridgehead atoms. The van der Waals surface area contributed by atoms with E-state index in [-0.39, 0.29) is 31.5 Å². The Bertz CT molecular complexity index is 1220. The van der Waals surface area contributed by atoms with Gasteiger partial charge in [0.1, 0.15) is 6.61 Å². The number of carbonyl (C=O) groups is 3. The van der Waals surface area contributed by atoms with Crippen molar-refractivity contribution >= 4 is 23.6 Å². The second-order valence-electron chi connectivity index (χ2n) is 8.51. The number of pyridine rings is 1. The van der Waals surface area contributed by atoms with Crippen molar-refractivity contribution in [3.63, 3.8) is 0 Å². The number of cyclic esters (lactones) is 1. The number of aromatic nitrogens is 1. The van der Waals surface area contributed by atoms with Crippen LogP contribution in [0.5, 0.6) is 0 Å². The third-order valence-electron chi connectivity index (χ3n) is 5.77. The largest absolute Gasteiger partial charge is 0.438 e. The van der Waals surface area contributed by atoms with Gasteiger partial charge in [0, 0.05) is 19.0 Å². The van der Waals surface area contributed by atoms with Crippen LogP contribution >= 0.6 is 0 Å². The first kappa shape index (κ1) is 24.9. The van der Waals surface area contributed by atoms with Gasteiger partial charge >= 0.3 is 6.09 Å². The minimum atomic E-state index is -0.924. The van der Waals surface area contributed by atoms with Gasteiger partial charge in [0.05, 0.1) is 18.8 Å². The molecular formula is C27H28N4O5. The molecule has 1 fully saturated rings. The molecule has 2 heterocycles. The number of methoxy groups -OCH3 is 1. The number of ether oxygens (including phenoxy) is 2. The number of hydrogen-bond donors (Lipinski definition) is 2. The normalized spacial score (nSPS) is 16.9. The highest BCUT2D eigenvalue weighted by Gasteiger charge is 2.47. The molecule has 0 radical (unpaired) electrons. The zero-order valence-electron chi connectivity index (χ0n) is 20.1. The summed E-state index contributed by atoms with van der Waals surface area (Å²) in [6.45, 7) is 2.31. The number of aryl methyl sites for hydroxylation is 1. The Kier molecular flexibility index (Phi) is 7.92. The van der Waals surface area contributed by atoms with Crippen LogP contribution in [0.25, 0.3) is 0 Å². The summed E-state index contributed by atoms with van der Waals surface area (Å²) in [5.41, 5.74) is 3.76. The monoisotopic (exact) mass is 488 g/mol. The zero-order valence-corrected chi connectivity index (χ0v) is 20.1. The minimum Gasteiger partial charge on any atom is -0.438 e. The van der Waals surface area contributed by atoms with E-state index in [2.05, 4.69) is 15.6 Å². The molecule has 1 saturated heterocycles. The quantitative estimate of drug-likeness (QED) is 0.478. The van der Waals surface area contributed by atoms with Gasteiger partial charge in [-0.25, -0.2) is 4.79 Å². The van der Waals surface area contributed by atoms with E-state index < -0.39 is 18.2 Å². The van der Waals surface area contributed by atoms with Crippen molar-refractivity contribution in [1.29, 1.82) is 0 Å². The molecule has 1 aliphatic heterocycles. The summed E-state index contributed by atoms with van der Waals surface area (Å²) in [5.74, 6) is -0.679. The van der Waals surface area contributed by atoms with E-state index in [1.165, 1.54) is 12.0 Å². The molecule has 1 aliphatic rings. The number of hydrogen-bond acceptors (Lipinski definition) is 6. The van der Waals surface area contributed by atoms with Crippen molar-refractivity contribution in [1.82, 2.24) is 15.2 Å². The minimum absolute atomic E-state index is 0.0917. The lowest BCUT2D eigenvalue weighted by Crippen LogP contribution is -2.46. The Balaban J connectivity index is 1.60. The Morgan fingerprint density at radius 1 is 1.08 bits per heavy atom. The second kappa shape index (κ2) is 11.5. The van der Waals surface area contributed by atoms with Crippen LogP contribution in [0.2, 0.25) is 0 Å². The van der Waals surface area contributed by atoms with Crippen molar-refractivity contribution in [2.24, 2.45) is 0 Å². The van der Waals surface area contributed by atoms with Gasteiger partial charge in [-0.3, -0.25) is 19.5 Å². The van der Waals surface area contributed by atoms with Gasteiger partial charge in [0.25, 0.3) is 0 Å². The summed E-state index contributed by atoms with van der Waals surface area (Å²) < 4.78 is 10.6. The fourth-order valence-electron chi connectivity index (χ4n) is 4.01. The van der Waals surface area contributed by atoms with E-state index in [0.29, 0.717) is 16.9 Å². The van der Waals surface area contributed by atoms with Gasteiger partial charge in [0.2, 0.25) is 11.8 Å². The van der Waals surface area contributed by atoms with Crippen LogP contribution in [0.15, 0.2) is 72.9 Å². The van der Waals surface area contributed by atoms with Crippen molar-refractivity contribution in [3.05, 3.63) is 95.3 Å². The summed E-state index contributed by atoms with van der Waals surface area (Å²) in [7, 11) is 1.44. The summed E-state index contributed by atoms with van der Waals surface area (Å²) in [5, 5.41) is 5.63. The third kappa shape index (κ3) is 6.05. The van der Waals surface area contributed by atoms with E-state index in [1.54, 1.807) is 36.5 Å². The van der Waals surface area contributed by atoms with Crippen LogP contribution in [-0.4, -0.2) is 47.6 Å². The SMILES string of the molecule is COCC(=O)Nc1cccc(C2OC(=O)N(Cc3ccc(C)cc3)C2C(=O)NCc2ccccn2)c1. The maximum absolute atomic E-state index is 13.5. The fourth-order valence-corrected chi connectivity index (χ4v) is 4.01. The maximum Gasteiger partial charge on any atom is 0.411 e. The van der Waals surface area contributed by atoms with E-state index in [9.17, 15) is 14.4 Å². The van der Waals surface area contributed by atoms with Gasteiger partial charge in [-0.05, 0) is 42.3 Å². The first-order valence-electron chi connectivity index (χ1n) is 11.5. The summed E-state index contributed by atoms with van der Waals surface area (Å²) in [6, 6.07) is 19.2. The molecule has 9 nitrogen and oxygen atoms in total. The average Bonchev–Trinajstić information content (AvgIpc) is 3.20. The lowest BCUT2D eigenvalue weighted by atomic mass is 10.00. The van der Waals surface area contributed by atoms with Crippen LogP contribution in [0.3, 0.4) is 0 Å². The Labute approximate surface area is 209 Å². The summed E-state index contributed by atoms with van der Waals surface area (Å²) in [6.07, 6.45) is 0.192. The van der Waals surface area contributed by atoms with Gasteiger partial charge < -0.3 is 20.1 Å². The zero-order chi connectivity index (χ0) is 25.5.